The summed E-state index contributed by atoms with van der Waals surface area (Å²) in [7, 11) is 3.31. The molecule has 0 bridgehead atoms. The molecular formula is C21H25N5O3. The molecule has 1 saturated carbocycles. The zero-order valence-corrected chi connectivity index (χ0v) is 17.1. The van der Waals surface area contributed by atoms with Crippen LogP contribution in [0, 0.1) is 5.92 Å². The van der Waals surface area contributed by atoms with Gasteiger partial charge in [-0.25, -0.2) is 4.68 Å². The minimum absolute atomic E-state index is 0.104. The minimum atomic E-state index is -0.104. The summed E-state index contributed by atoms with van der Waals surface area (Å²) in [5.41, 5.74) is 1.34. The Hall–Kier alpha value is -3.16. The molecule has 1 aliphatic rings. The second-order valence-corrected chi connectivity index (χ2v) is 7.49. The van der Waals surface area contributed by atoms with E-state index in [0.29, 0.717) is 42.1 Å². The first-order valence-corrected chi connectivity index (χ1v) is 9.80. The molecule has 3 aromatic heterocycles. The Morgan fingerprint density at radius 3 is 2.72 bits per heavy atom. The quantitative estimate of drug-likeness (QED) is 0.610. The van der Waals surface area contributed by atoms with E-state index in [9.17, 15) is 4.79 Å². The van der Waals surface area contributed by atoms with Gasteiger partial charge in [-0.15, -0.1) is 10.2 Å². The first-order valence-electron chi connectivity index (χ1n) is 9.80. The first kappa shape index (κ1) is 19.2. The Kier molecular flexibility index (Phi) is 5.08. The van der Waals surface area contributed by atoms with Crippen LogP contribution in [0.25, 0.3) is 5.82 Å². The molecule has 0 aromatic carbocycles. The van der Waals surface area contributed by atoms with Crippen LogP contribution in [0.2, 0.25) is 0 Å². The molecule has 0 N–H and O–H groups in total. The highest BCUT2D eigenvalue weighted by molar-refractivity contribution is 5.95. The average molecular weight is 395 g/mol. The Balaban J connectivity index is 1.51. The molecule has 8 heteroatoms. The summed E-state index contributed by atoms with van der Waals surface area (Å²) in [5, 5.41) is 12.5. The van der Waals surface area contributed by atoms with Crippen molar-refractivity contribution in [2.75, 3.05) is 14.2 Å². The van der Waals surface area contributed by atoms with Crippen LogP contribution in [0.4, 0.5) is 0 Å². The van der Waals surface area contributed by atoms with Crippen molar-refractivity contribution < 1.29 is 13.9 Å². The molecule has 1 fully saturated rings. The topological polar surface area (TPSA) is 86.3 Å². The van der Waals surface area contributed by atoms with Crippen LogP contribution in [0.3, 0.4) is 0 Å². The van der Waals surface area contributed by atoms with Crippen LogP contribution >= 0.6 is 0 Å². The number of carbonyl (C=O) groups excluding carboxylic acids is 1. The van der Waals surface area contributed by atoms with E-state index < -0.39 is 0 Å². The highest BCUT2D eigenvalue weighted by Gasteiger charge is 2.36. The monoisotopic (exact) mass is 395 g/mol. The van der Waals surface area contributed by atoms with Gasteiger partial charge < -0.3 is 14.1 Å². The predicted molar refractivity (Wildman–Crippen MR) is 106 cm³/mol. The summed E-state index contributed by atoms with van der Waals surface area (Å²) < 4.78 is 12.6. The molecule has 8 nitrogen and oxygen atoms in total. The fourth-order valence-electron chi connectivity index (χ4n) is 3.53. The molecule has 0 aliphatic heterocycles. The standard InChI is InChI=1S/C21H25N5O3/c1-5-17-16(11-22-26(17)19-8-9-20(28-4)24-23-19)21(27)25(3)12-14-6-7-18(29-14)15-10-13(15)2/h6-9,11,13,15H,5,10,12H2,1-4H3. The summed E-state index contributed by atoms with van der Waals surface area (Å²) in [6.07, 6.45) is 3.39. The maximum absolute atomic E-state index is 13.1. The molecule has 0 spiro atoms. The average Bonchev–Trinajstić information content (AvgIpc) is 3.12. The molecule has 1 amide bonds. The van der Waals surface area contributed by atoms with E-state index in [4.69, 9.17) is 9.15 Å². The van der Waals surface area contributed by atoms with E-state index in [0.717, 1.165) is 17.2 Å². The lowest BCUT2D eigenvalue weighted by atomic mass is 10.2. The zero-order chi connectivity index (χ0) is 20.5. The number of nitrogens with zero attached hydrogens (tertiary/aromatic N) is 5. The van der Waals surface area contributed by atoms with Crippen LogP contribution in [-0.4, -0.2) is 44.9 Å². The van der Waals surface area contributed by atoms with Crippen molar-refractivity contribution >= 4 is 5.91 Å². The van der Waals surface area contributed by atoms with Gasteiger partial charge in [0.05, 0.1) is 31.1 Å². The lowest BCUT2D eigenvalue weighted by Crippen LogP contribution is -2.26. The van der Waals surface area contributed by atoms with Gasteiger partial charge in [0.2, 0.25) is 5.88 Å². The Labute approximate surface area is 169 Å². The van der Waals surface area contributed by atoms with Gasteiger partial charge in [-0.1, -0.05) is 13.8 Å². The van der Waals surface area contributed by atoms with Crippen LogP contribution in [0.5, 0.6) is 5.88 Å². The lowest BCUT2D eigenvalue weighted by molar-refractivity contribution is 0.0773. The third-order valence-electron chi connectivity index (χ3n) is 5.38. The van der Waals surface area contributed by atoms with Crippen molar-refractivity contribution in [2.24, 2.45) is 5.92 Å². The maximum atomic E-state index is 13.1. The minimum Gasteiger partial charge on any atom is -0.480 e. The van der Waals surface area contributed by atoms with Crippen LogP contribution in [0.15, 0.2) is 34.9 Å². The van der Waals surface area contributed by atoms with Gasteiger partial charge in [-0.05, 0) is 37.0 Å². The van der Waals surface area contributed by atoms with Gasteiger partial charge in [-0.3, -0.25) is 4.79 Å². The van der Waals surface area contributed by atoms with Gasteiger partial charge in [0.25, 0.3) is 5.91 Å². The van der Waals surface area contributed by atoms with Crippen molar-refractivity contribution in [3.8, 4) is 11.7 Å². The number of hydrogen-bond acceptors (Lipinski definition) is 6. The highest BCUT2D eigenvalue weighted by atomic mass is 16.5. The van der Waals surface area contributed by atoms with Gasteiger partial charge in [0.15, 0.2) is 5.82 Å². The second kappa shape index (κ2) is 7.69. The van der Waals surface area contributed by atoms with Gasteiger partial charge in [0.1, 0.15) is 11.5 Å². The third-order valence-corrected chi connectivity index (χ3v) is 5.38. The number of hydrogen-bond donors (Lipinski definition) is 0. The molecule has 3 heterocycles. The van der Waals surface area contributed by atoms with E-state index in [-0.39, 0.29) is 5.91 Å². The summed E-state index contributed by atoms with van der Waals surface area (Å²) >= 11 is 0. The molecule has 2 atom stereocenters. The van der Waals surface area contributed by atoms with E-state index in [2.05, 4.69) is 22.2 Å². The molecular weight excluding hydrogens is 370 g/mol. The van der Waals surface area contributed by atoms with Crippen LogP contribution in [0.1, 0.15) is 53.8 Å². The Bertz CT molecular complexity index is 1010. The molecule has 0 saturated heterocycles. The normalized spacial score (nSPS) is 17.9. The van der Waals surface area contributed by atoms with E-state index >= 15 is 0 Å². The molecule has 4 rings (SSSR count). The van der Waals surface area contributed by atoms with Gasteiger partial charge >= 0.3 is 0 Å². The van der Waals surface area contributed by atoms with Crippen molar-refractivity contribution in [1.29, 1.82) is 0 Å². The summed E-state index contributed by atoms with van der Waals surface area (Å²) in [6.45, 7) is 4.62. The van der Waals surface area contributed by atoms with Gasteiger partial charge in [0, 0.05) is 19.0 Å². The summed E-state index contributed by atoms with van der Waals surface area (Å²) in [6, 6.07) is 7.46. The molecule has 3 aromatic rings. The summed E-state index contributed by atoms with van der Waals surface area (Å²) in [5.74, 6) is 3.89. The summed E-state index contributed by atoms with van der Waals surface area (Å²) in [4.78, 5) is 14.7. The predicted octanol–water partition coefficient (Wildman–Crippen LogP) is 3.22. The number of amides is 1. The lowest BCUT2D eigenvalue weighted by Gasteiger charge is -2.16. The Morgan fingerprint density at radius 1 is 1.31 bits per heavy atom. The molecule has 1 aliphatic carbocycles. The number of methoxy groups -OCH3 is 1. The fourth-order valence-corrected chi connectivity index (χ4v) is 3.53. The molecule has 2 unspecified atom stereocenters. The smallest absolute Gasteiger partial charge is 0.257 e. The number of ether oxygens (including phenoxy) is 1. The zero-order valence-electron chi connectivity index (χ0n) is 17.1. The second-order valence-electron chi connectivity index (χ2n) is 7.49. The first-order chi connectivity index (χ1) is 14.0. The van der Waals surface area contributed by atoms with E-state index in [1.54, 1.807) is 35.0 Å². The number of furan rings is 1. The van der Waals surface area contributed by atoms with Crippen molar-refractivity contribution in [1.82, 2.24) is 24.9 Å². The molecule has 152 valence electrons. The molecule has 0 radical (unpaired) electrons. The highest BCUT2D eigenvalue weighted by Crippen LogP contribution is 2.47. The number of aromatic nitrogens is 4. The Morgan fingerprint density at radius 2 is 2.10 bits per heavy atom. The molecule has 29 heavy (non-hydrogen) atoms. The van der Waals surface area contributed by atoms with E-state index in [1.807, 2.05) is 19.1 Å². The largest absolute Gasteiger partial charge is 0.480 e. The van der Waals surface area contributed by atoms with Crippen molar-refractivity contribution in [3.63, 3.8) is 0 Å². The van der Waals surface area contributed by atoms with Crippen LogP contribution < -0.4 is 4.74 Å². The number of carbonyl (C=O) groups is 1. The third kappa shape index (κ3) is 3.74. The SMILES string of the molecule is CCc1c(C(=O)N(C)Cc2ccc(C3CC3C)o2)cnn1-c1ccc(OC)nn1. The van der Waals surface area contributed by atoms with E-state index in [1.165, 1.54) is 13.5 Å². The maximum Gasteiger partial charge on any atom is 0.257 e. The fraction of sp³-hybridized carbons (Fsp3) is 0.429. The van der Waals surface area contributed by atoms with Crippen molar-refractivity contribution in [2.45, 2.75) is 39.2 Å². The van der Waals surface area contributed by atoms with Gasteiger partial charge in [-0.2, -0.15) is 5.10 Å². The number of rotatable bonds is 7. The van der Waals surface area contributed by atoms with Crippen molar-refractivity contribution in [3.05, 3.63) is 53.2 Å². The van der Waals surface area contributed by atoms with Crippen LogP contribution in [-0.2, 0) is 13.0 Å².